The number of fused-ring (bicyclic) bond motifs is 1. The molecule has 2 heterocycles. The van der Waals surface area contributed by atoms with Gasteiger partial charge in [0.1, 0.15) is 11.1 Å². The third-order valence-electron chi connectivity index (χ3n) is 4.85. The molecule has 2 aromatic heterocycles. The highest BCUT2D eigenvalue weighted by atomic mass is 35.5. The average molecular weight is 470 g/mol. The van der Waals surface area contributed by atoms with Gasteiger partial charge in [0.15, 0.2) is 10.8 Å². The van der Waals surface area contributed by atoms with Gasteiger partial charge < -0.3 is 10.1 Å². The first kappa shape index (κ1) is 21.9. The highest BCUT2D eigenvalue weighted by molar-refractivity contribution is 7.99. The third kappa shape index (κ3) is 4.35. The lowest BCUT2D eigenvalue weighted by Crippen LogP contribution is -2.22. The Hall–Kier alpha value is -3.30. The number of nitrogens with one attached hydrogen (secondary N) is 2. The van der Waals surface area contributed by atoms with E-state index in [2.05, 4.69) is 20.5 Å². The van der Waals surface area contributed by atoms with E-state index in [1.165, 1.54) is 17.9 Å². The van der Waals surface area contributed by atoms with E-state index >= 15 is 0 Å². The molecule has 1 amide bonds. The highest BCUT2D eigenvalue weighted by Crippen LogP contribution is 2.28. The molecular weight excluding hydrogens is 450 g/mol. The summed E-state index contributed by atoms with van der Waals surface area (Å²) in [4.78, 5) is 30.3. The summed E-state index contributed by atoms with van der Waals surface area (Å²) in [6.45, 7) is 2.03. The summed E-state index contributed by atoms with van der Waals surface area (Å²) in [6.07, 6.45) is 2.23. The summed E-state index contributed by atoms with van der Waals surface area (Å²) in [5.41, 5.74) is 2.37. The SMILES string of the molecule is CCc1ccccc1NC(=O)CSc1nc2[nH]ncc2c(=O)n1-c1ccc(OC)c(Cl)c1. The number of H-pyrrole nitrogens is 1. The number of rotatable bonds is 7. The normalized spacial score (nSPS) is 11.0. The van der Waals surface area contributed by atoms with Crippen LogP contribution in [-0.4, -0.2) is 38.5 Å². The third-order valence-corrected chi connectivity index (χ3v) is 6.08. The lowest BCUT2D eigenvalue weighted by atomic mass is 10.1. The molecule has 2 N–H and O–H groups in total. The molecule has 0 unspecified atom stereocenters. The average Bonchev–Trinajstić information content (AvgIpc) is 3.27. The number of hydrogen-bond donors (Lipinski definition) is 2. The molecule has 4 aromatic rings. The first-order chi connectivity index (χ1) is 15.5. The van der Waals surface area contributed by atoms with E-state index in [1.807, 2.05) is 31.2 Å². The standard InChI is InChI=1S/C22H20ClN5O3S/c1-3-13-6-4-5-7-17(13)25-19(29)12-32-22-26-20-15(11-24-27-20)21(30)28(22)14-8-9-18(31-2)16(23)10-14/h4-11H,3,12H2,1-2H3,(H,24,27)(H,25,29). The highest BCUT2D eigenvalue weighted by Gasteiger charge is 2.17. The molecule has 0 bridgehead atoms. The number of carbonyl (C=O) groups is 1. The molecule has 0 saturated heterocycles. The van der Waals surface area contributed by atoms with E-state index in [0.717, 1.165) is 29.4 Å². The van der Waals surface area contributed by atoms with Gasteiger partial charge in [-0.3, -0.25) is 19.3 Å². The summed E-state index contributed by atoms with van der Waals surface area (Å²) in [5.74, 6) is 0.353. The number of aromatic nitrogens is 4. The van der Waals surface area contributed by atoms with E-state index in [-0.39, 0.29) is 17.2 Å². The Balaban J connectivity index is 1.66. The zero-order valence-electron chi connectivity index (χ0n) is 17.4. The van der Waals surface area contributed by atoms with Crippen LogP contribution in [0.4, 0.5) is 5.69 Å². The van der Waals surface area contributed by atoms with Crippen molar-refractivity contribution in [1.29, 1.82) is 0 Å². The zero-order valence-corrected chi connectivity index (χ0v) is 19.0. The summed E-state index contributed by atoms with van der Waals surface area (Å²) < 4.78 is 6.62. The van der Waals surface area contributed by atoms with Crippen LogP contribution in [0.3, 0.4) is 0 Å². The summed E-state index contributed by atoms with van der Waals surface area (Å²) in [5, 5.41) is 10.6. The molecule has 0 aliphatic heterocycles. The van der Waals surface area contributed by atoms with Crippen LogP contribution >= 0.6 is 23.4 Å². The molecule has 2 aromatic carbocycles. The number of hydrogen-bond acceptors (Lipinski definition) is 6. The molecule has 0 fully saturated rings. The molecule has 164 valence electrons. The fraction of sp³-hybridized carbons (Fsp3) is 0.182. The fourth-order valence-electron chi connectivity index (χ4n) is 3.26. The lowest BCUT2D eigenvalue weighted by molar-refractivity contribution is -0.113. The molecule has 10 heteroatoms. The van der Waals surface area contributed by atoms with Crippen molar-refractivity contribution in [3.8, 4) is 11.4 Å². The Morgan fingerprint density at radius 2 is 2.09 bits per heavy atom. The Labute approximate surface area is 193 Å². The number of para-hydroxylation sites is 1. The Kier molecular flexibility index (Phi) is 6.48. The number of carbonyl (C=O) groups excluding carboxylic acids is 1. The first-order valence-corrected chi connectivity index (χ1v) is 11.2. The van der Waals surface area contributed by atoms with Gasteiger partial charge in [-0.05, 0) is 36.2 Å². The predicted molar refractivity (Wildman–Crippen MR) is 126 cm³/mol. The molecule has 0 aliphatic carbocycles. The monoisotopic (exact) mass is 469 g/mol. The molecule has 0 aliphatic rings. The quantitative estimate of drug-likeness (QED) is 0.312. The molecule has 0 atom stereocenters. The van der Waals surface area contributed by atoms with Gasteiger partial charge in [0, 0.05) is 5.69 Å². The van der Waals surface area contributed by atoms with Gasteiger partial charge in [0.25, 0.3) is 5.56 Å². The number of thioether (sulfide) groups is 1. The molecule has 0 radical (unpaired) electrons. The first-order valence-electron chi connectivity index (χ1n) is 9.82. The van der Waals surface area contributed by atoms with Gasteiger partial charge in [-0.2, -0.15) is 5.10 Å². The van der Waals surface area contributed by atoms with Crippen molar-refractivity contribution < 1.29 is 9.53 Å². The van der Waals surface area contributed by atoms with E-state index in [1.54, 1.807) is 18.2 Å². The minimum Gasteiger partial charge on any atom is -0.495 e. The van der Waals surface area contributed by atoms with Gasteiger partial charge in [0.05, 0.1) is 29.8 Å². The molecule has 0 saturated carbocycles. The number of methoxy groups -OCH3 is 1. The van der Waals surface area contributed by atoms with Crippen LogP contribution in [0.2, 0.25) is 5.02 Å². The second-order valence-electron chi connectivity index (χ2n) is 6.83. The smallest absolute Gasteiger partial charge is 0.269 e. The van der Waals surface area contributed by atoms with Crippen molar-refractivity contribution in [2.45, 2.75) is 18.5 Å². The second-order valence-corrected chi connectivity index (χ2v) is 8.18. The van der Waals surface area contributed by atoms with Gasteiger partial charge in [-0.25, -0.2) is 4.98 Å². The number of halogens is 1. The number of nitrogens with zero attached hydrogens (tertiary/aromatic N) is 3. The van der Waals surface area contributed by atoms with Crippen molar-refractivity contribution in [3.63, 3.8) is 0 Å². The van der Waals surface area contributed by atoms with Gasteiger partial charge in [-0.15, -0.1) is 0 Å². The van der Waals surface area contributed by atoms with Crippen molar-refractivity contribution in [1.82, 2.24) is 19.7 Å². The van der Waals surface area contributed by atoms with Crippen molar-refractivity contribution in [2.75, 3.05) is 18.2 Å². The van der Waals surface area contributed by atoms with Crippen LogP contribution < -0.4 is 15.6 Å². The molecule has 4 rings (SSSR count). The zero-order chi connectivity index (χ0) is 22.7. The second kappa shape index (κ2) is 9.46. The maximum Gasteiger partial charge on any atom is 0.269 e. The van der Waals surface area contributed by atoms with Crippen LogP contribution in [0.5, 0.6) is 5.75 Å². The largest absolute Gasteiger partial charge is 0.495 e. The summed E-state index contributed by atoms with van der Waals surface area (Å²) >= 11 is 7.43. The maximum absolute atomic E-state index is 13.2. The molecule has 0 spiro atoms. The number of ether oxygens (including phenoxy) is 1. The van der Waals surface area contributed by atoms with Crippen molar-refractivity contribution in [3.05, 3.63) is 69.6 Å². The van der Waals surface area contributed by atoms with E-state index in [4.69, 9.17) is 16.3 Å². The van der Waals surface area contributed by atoms with Crippen LogP contribution in [0, 0.1) is 0 Å². The number of anilines is 1. The van der Waals surface area contributed by atoms with Crippen LogP contribution in [0.25, 0.3) is 16.7 Å². The number of amides is 1. The fourth-order valence-corrected chi connectivity index (χ4v) is 4.32. The Morgan fingerprint density at radius 1 is 1.28 bits per heavy atom. The van der Waals surface area contributed by atoms with Gasteiger partial charge >= 0.3 is 0 Å². The minimum absolute atomic E-state index is 0.0635. The molecule has 32 heavy (non-hydrogen) atoms. The van der Waals surface area contributed by atoms with Gasteiger partial charge in [-0.1, -0.05) is 48.5 Å². The van der Waals surface area contributed by atoms with Crippen molar-refractivity contribution >= 4 is 46.0 Å². The van der Waals surface area contributed by atoms with Crippen LogP contribution in [-0.2, 0) is 11.2 Å². The number of aryl methyl sites for hydroxylation is 1. The molecular formula is C22H20ClN5O3S. The molecule has 8 nitrogen and oxygen atoms in total. The van der Waals surface area contributed by atoms with E-state index in [9.17, 15) is 9.59 Å². The number of benzene rings is 2. The Bertz CT molecular complexity index is 1350. The minimum atomic E-state index is -0.316. The Morgan fingerprint density at radius 3 is 2.84 bits per heavy atom. The predicted octanol–water partition coefficient (Wildman–Crippen LogP) is 4.06. The van der Waals surface area contributed by atoms with Gasteiger partial charge in [0.2, 0.25) is 5.91 Å². The maximum atomic E-state index is 13.2. The lowest BCUT2D eigenvalue weighted by Gasteiger charge is -2.14. The van der Waals surface area contributed by atoms with Crippen LogP contribution in [0.1, 0.15) is 12.5 Å². The topological polar surface area (TPSA) is 102 Å². The van der Waals surface area contributed by atoms with E-state index < -0.39 is 0 Å². The summed E-state index contributed by atoms with van der Waals surface area (Å²) in [7, 11) is 1.52. The van der Waals surface area contributed by atoms with Crippen molar-refractivity contribution in [2.24, 2.45) is 0 Å². The van der Waals surface area contributed by atoms with Crippen LogP contribution in [0.15, 0.2) is 58.6 Å². The summed E-state index contributed by atoms with van der Waals surface area (Å²) in [6, 6.07) is 12.7. The van der Waals surface area contributed by atoms with E-state index in [0.29, 0.717) is 32.6 Å². The number of aromatic amines is 1.